The first kappa shape index (κ1) is 13.3. The lowest BCUT2D eigenvalue weighted by Gasteiger charge is -2.18. The van der Waals surface area contributed by atoms with E-state index in [1.807, 2.05) is 0 Å². The molecular weight excluding hydrogens is 280 g/mol. The van der Waals surface area contributed by atoms with Crippen LogP contribution in [0.2, 0.25) is 0 Å². The van der Waals surface area contributed by atoms with Crippen LogP contribution in [0.1, 0.15) is 6.42 Å². The SMILES string of the molecule is NC1(C(=O)O)CCN(c2nc3cc([N+](=O)[O-])ccc3o2)C1. The van der Waals surface area contributed by atoms with Crippen molar-refractivity contribution in [3.63, 3.8) is 0 Å². The van der Waals surface area contributed by atoms with Gasteiger partial charge >= 0.3 is 5.97 Å². The maximum Gasteiger partial charge on any atom is 0.325 e. The van der Waals surface area contributed by atoms with Gasteiger partial charge in [0.15, 0.2) is 5.58 Å². The van der Waals surface area contributed by atoms with Gasteiger partial charge in [-0.3, -0.25) is 14.9 Å². The summed E-state index contributed by atoms with van der Waals surface area (Å²) in [6.45, 7) is 0.481. The molecule has 0 aliphatic carbocycles. The number of non-ortho nitro benzene ring substituents is 1. The van der Waals surface area contributed by atoms with Crippen molar-refractivity contribution >= 4 is 28.8 Å². The molecule has 0 bridgehead atoms. The molecule has 9 heteroatoms. The summed E-state index contributed by atoms with van der Waals surface area (Å²) in [4.78, 5) is 27.1. The van der Waals surface area contributed by atoms with E-state index < -0.39 is 16.4 Å². The standard InChI is InChI=1S/C12H12N4O5/c13-12(10(17)18)3-4-15(6-12)11-14-8-5-7(16(19)20)1-2-9(8)21-11/h1-2,5H,3-4,6,13H2,(H,17,18). The average molecular weight is 292 g/mol. The normalized spacial score (nSPS) is 21.9. The number of rotatable bonds is 3. The van der Waals surface area contributed by atoms with Crippen LogP contribution in [-0.4, -0.2) is 39.6 Å². The number of nitrogens with zero attached hydrogens (tertiary/aromatic N) is 3. The van der Waals surface area contributed by atoms with Gasteiger partial charge in [0.05, 0.1) is 11.5 Å². The molecule has 1 aliphatic heterocycles. The topological polar surface area (TPSA) is 136 Å². The van der Waals surface area contributed by atoms with E-state index in [0.717, 1.165) is 0 Å². The second-order valence-corrected chi connectivity index (χ2v) is 5.04. The molecule has 3 N–H and O–H groups in total. The number of nitrogens with two attached hydrogens (primary N) is 1. The van der Waals surface area contributed by atoms with E-state index in [9.17, 15) is 14.9 Å². The fourth-order valence-corrected chi connectivity index (χ4v) is 2.32. The number of fused-ring (bicyclic) bond motifs is 1. The van der Waals surface area contributed by atoms with Crippen molar-refractivity contribution < 1.29 is 19.2 Å². The zero-order valence-corrected chi connectivity index (χ0v) is 10.9. The van der Waals surface area contributed by atoms with Gasteiger partial charge in [-0.1, -0.05) is 0 Å². The number of benzene rings is 1. The Bertz CT molecular complexity index is 742. The highest BCUT2D eigenvalue weighted by atomic mass is 16.6. The molecule has 0 amide bonds. The summed E-state index contributed by atoms with van der Waals surface area (Å²) < 4.78 is 5.50. The summed E-state index contributed by atoms with van der Waals surface area (Å²) in [6.07, 6.45) is 0.279. The van der Waals surface area contributed by atoms with E-state index in [-0.39, 0.29) is 24.7 Å². The largest absolute Gasteiger partial charge is 0.480 e. The van der Waals surface area contributed by atoms with Gasteiger partial charge in [-0.2, -0.15) is 4.98 Å². The molecule has 1 unspecified atom stereocenters. The summed E-state index contributed by atoms with van der Waals surface area (Å²) in [5.41, 5.74) is 5.13. The first-order chi connectivity index (χ1) is 9.89. The van der Waals surface area contributed by atoms with E-state index in [4.69, 9.17) is 15.3 Å². The number of anilines is 1. The summed E-state index contributed by atoms with van der Waals surface area (Å²) >= 11 is 0. The molecular formula is C12H12N4O5. The van der Waals surface area contributed by atoms with E-state index in [1.165, 1.54) is 18.2 Å². The zero-order valence-electron chi connectivity index (χ0n) is 10.9. The number of hydrogen-bond acceptors (Lipinski definition) is 7. The third kappa shape index (κ3) is 2.17. The first-order valence-corrected chi connectivity index (χ1v) is 6.21. The van der Waals surface area contributed by atoms with Gasteiger partial charge in [0.25, 0.3) is 11.7 Å². The molecule has 1 saturated heterocycles. The number of nitro groups is 1. The first-order valence-electron chi connectivity index (χ1n) is 6.21. The smallest absolute Gasteiger partial charge is 0.325 e. The van der Waals surface area contributed by atoms with Crippen LogP contribution in [0.5, 0.6) is 0 Å². The average Bonchev–Trinajstić information content (AvgIpc) is 3.01. The zero-order chi connectivity index (χ0) is 15.2. The molecule has 1 aromatic carbocycles. The summed E-state index contributed by atoms with van der Waals surface area (Å²) in [5, 5.41) is 19.8. The van der Waals surface area contributed by atoms with Crippen LogP contribution in [0.25, 0.3) is 11.1 Å². The predicted octanol–water partition coefficient (Wildman–Crippen LogP) is 0.728. The van der Waals surface area contributed by atoms with Crippen LogP contribution in [0, 0.1) is 10.1 Å². The summed E-state index contributed by atoms with van der Waals surface area (Å²) in [5.74, 6) is -1.07. The second kappa shape index (κ2) is 4.42. The minimum Gasteiger partial charge on any atom is -0.480 e. The number of carbonyl (C=O) groups is 1. The molecule has 0 radical (unpaired) electrons. The Morgan fingerprint density at radius 1 is 1.57 bits per heavy atom. The molecule has 21 heavy (non-hydrogen) atoms. The fraction of sp³-hybridized carbons (Fsp3) is 0.333. The highest BCUT2D eigenvalue weighted by molar-refractivity contribution is 5.81. The van der Waals surface area contributed by atoms with Crippen molar-refractivity contribution in [1.82, 2.24) is 4.98 Å². The number of oxazole rings is 1. The quantitative estimate of drug-likeness (QED) is 0.624. The molecule has 9 nitrogen and oxygen atoms in total. The van der Waals surface area contributed by atoms with Crippen molar-refractivity contribution in [1.29, 1.82) is 0 Å². The van der Waals surface area contributed by atoms with Gasteiger partial charge in [-0.05, 0) is 12.5 Å². The van der Waals surface area contributed by atoms with Crippen molar-refractivity contribution in [2.45, 2.75) is 12.0 Å². The van der Waals surface area contributed by atoms with Gasteiger partial charge in [-0.15, -0.1) is 0 Å². The third-order valence-corrected chi connectivity index (χ3v) is 3.57. The highest BCUT2D eigenvalue weighted by Crippen LogP contribution is 2.29. The van der Waals surface area contributed by atoms with Crippen LogP contribution in [-0.2, 0) is 4.79 Å². The molecule has 110 valence electrons. The number of carboxylic acid groups (broad SMARTS) is 1. The molecule has 2 heterocycles. The number of aromatic nitrogens is 1. The molecule has 2 aromatic rings. The second-order valence-electron chi connectivity index (χ2n) is 5.04. The van der Waals surface area contributed by atoms with Crippen molar-refractivity contribution in [3.8, 4) is 0 Å². The van der Waals surface area contributed by atoms with Crippen LogP contribution in [0.3, 0.4) is 0 Å². The lowest BCUT2D eigenvalue weighted by molar-refractivity contribution is -0.384. The Morgan fingerprint density at radius 3 is 2.95 bits per heavy atom. The summed E-state index contributed by atoms with van der Waals surface area (Å²) in [6, 6.07) is 4.32. The predicted molar refractivity (Wildman–Crippen MR) is 72.0 cm³/mol. The van der Waals surface area contributed by atoms with Gasteiger partial charge in [0.2, 0.25) is 0 Å². The minimum atomic E-state index is -1.33. The van der Waals surface area contributed by atoms with Crippen LogP contribution >= 0.6 is 0 Å². The van der Waals surface area contributed by atoms with Gasteiger partial charge in [-0.25, -0.2) is 0 Å². The van der Waals surface area contributed by atoms with Gasteiger partial charge in [0.1, 0.15) is 11.1 Å². The summed E-state index contributed by atoms with van der Waals surface area (Å²) in [7, 11) is 0. The molecule has 1 atom stereocenters. The number of hydrogen-bond donors (Lipinski definition) is 2. The molecule has 1 fully saturated rings. The maximum absolute atomic E-state index is 11.1. The number of carboxylic acids is 1. The lowest BCUT2D eigenvalue weighted by Crippen LogP contribution is -2.50. The highest BCUT2D eigenvalue weighted by Gasteiger charge is 2.42. The monoisotopic (exact) mass is 292 g/mol. The number of nitro benzene ring substituents is 1. The molecule has 0 spiro atoms. The van der Waals surface area contributed by atoms with Crippen molar-refractivity contribution in [2.24, 2.45) is 5.73 Å². The Morgan fingerprint density at radius 2 is 2.33 bits per heavy atom. The van der Waals surface area contributed by atoms with E-state index in [0.29, 0.717) is 17.6 Å². The Hall–Kier alpha value is -2.68. The molecule has 0 saturated carbocycles. The molecule has 1 aromatic heterocycles. The maximum atomic E-state index is 11.1. The van der Waals surface area contributed by atoms with Crippen LogP contribution < -0.4 is 10.6 Å². The fourth-order valence-electron chi connectivity index (χ4n) is 2.32. The minimum absolute atomic E-state index is 0.0806. The van der Waals surface area contributed by atoms with E-state index in [1.54, 1.807) is 4.90 Å². The van der Waals surface area contributed by atoms with E-state index >= 15 is 0 Å². The van der Waals surface area contributed by atoms with Crippen LogP contribution in [0.4, 0.5) is 11.7 Å². The van der Waals surface area contributed by atoms with Crippen molar-refractivity contribution in [3.05, 3.63) is 28.3 Å². The Balaban J connectivity index is 1.92. The van der Waals surface area contributed by atoms with Gasteiger partial charge < -0.3 is 20.2 Å². The van der Waals surface area contributed by atoms with Gasteiger partial charge in [0, 0.05) is 18.7 Å². The Kier molecular flexibility index (Phi) is 2.80. The lowest BCUT2D eigenvalue weighted by atomic mass is 10.0. The van der Waals surface area contributed by atoms with Crippen molar-refractivity contribution in [2.75, 3.05) is 18.0 Å². The molecule has 3 rings (SSSR count). The third-order valence-electron chi connectivity index (χ3n) is 3.57. The Labute approximate surface area is 118 Å². The van der Waals surface area contributed by atoms with E-state index in [2.05, 4.69) is 4.98 Å². The van der Waals surface area contributed by atoms with Crippen LogP contribution in [0.15, 0.2) is 22.6 Å². The molecule has 1 aliphatic rings. The number of aliphatic carboxylic acids is 1.